The summed E-state index contributed by atoms with van der Waals surface area (Å²) in [6.45, 7) is 11.5. The molecule has 0 bridgehead atoms. The number of nitrogens with one attached hydrogen (secondary N) is 1. The molecule has 2 atom stereocenters. The predicted octanol–water partition coefficient (Wildman–Crippen LogP) is 5.21. The number of anilines is 1. The summed E-state index contributed by atoms with van der Waals surface area (Å²) in [7, 11) is 0. The molecule has 4 rings (SSSR count). The molecule has 2 unspecified atom stereocenters. The van der Waals surface area contributed by atoms with Gasteiger partial charge in [0.1, 0.15) is 0 Å². The van der Waals surface area contributed by atoms with E-state index >= 15 is 0 Å². The minimum absolute atomic E-state index is 0.0448. The number of amides is 4. The highest BCUT2D eigenvalue weighted by Gasteiger charge is 2.44. The van der Waals surface area contributed by atoms with Crippen LogP contribution in [0.5, 0.6) is 0 Å². The Morgan fingerprint density at radius 1 is 1.08 bits per heavy atom. The lowest BCUT2D eigenvalue weighted by Crippen LogP contribution is -2.50. The van der Waals surface area contributed by atoms with Gasteiger partial charge in [-0.05, 0) is 49.1 Å². The average Bonchev–Trinajstić information content (AvgIpc) is 3.08. The standard InChI is InChI=1S/C29H44N4O3S/c1-5-21(6-2)28-33(17-11-20(3)4)27(35)25(37-28)19-26(34)31-15-13-23(14-16-31)32-18-12-22-9-7-8-10-24(22)30-29(32)36/h7-10,20-21,23,25,28H,5-6,11-19H2,1-4H3,(H,30,36). The second-order valence-electron chi connectivity index (χ2n) is 11.2. The highest BCUT2D eigenvalue weighted by molar-refractivity contribution is 8.01. The van der Waals surface area contributed by atoms with Gasteiger partial charge in [0, 0.05) is 44.3 Å². The number of urea groups is 1. The molecule has 7 nitrogen and oxygen atoms in total. The quantitative estimate of drug-likeness (QED) is 0.478. The van der Waals surface area contributed by atoms with E-state index in [0.29, 0.717) is 31.5 Å². The van der Waals surface area contributed by atoms with Gasteiger partial charge in [-0.3, -0.25) is 9.59 Å². The highest BCUT2D eigenvalue weighted by Crippen LogP contribution is 2.40. The maximum Gasteiger partial charge on any atom is 0.322 e. The van der Waals surface area contributed by atoms with E-state index in [1.54, 1.807) is 11.8 Å². The van der Waals surface area contributed by atoms with E-state index in [2.05, 4.69) is 44.0 Å². The molecule has 8 heteroatoms. The lowest BCUT2D eigenvalue weighted by Gasteiger charge is -2.38. The number of nitrogens with zero attached hydrogens (tertiary/aromatic N) is 3. The molecule has 0 aliphatic carbocycles. The monoisotopic (exact) mass is 528 g/mol. The van der Waals surface area contributed by atoms with Gasteiger partial charge in [0.2, 0.25) is 11.8 Å². The van der Waals surface area contributed by atoms with E-state index in [0.717, 1.165) is 50.8 Å². The first-order valence-corrected chi connectivity index (χ1v) is 15.2. The van der Waals surface area contributed by atoms with E-state index in [-0.39, 0.29) is 40.9 Å². The van der Waals surface area contributed by atoms with Crippen LogP contribution >= 0.6 is 11.8 Å². The maximum atomic E-state index is 13.4. The summed E-state index contributed by atoms with van der Waals surface area (Å²) >= 11 is 1.72. The lowest BCUT2D eigenvalue weighted by molar-refractivity contribution is -0.137. The van der Waals surface area contributed by atoms with Crippen LogP contribution in [0.25, 0.3) is 0 Å². The summed E-state index contributed by atoms with van der Waals surface area (Å²) < 4.78 is 0. The van der Waals surface area contributed by atoms with E-state index in [9.17, 15) is 14.4 Å². The second kappa shape index (κ2) is 12.5. The molecular weight excluding hydrogens is 484 g/mol. The van der Waals surface area contributed by atoms with Crippen molar-refractivity contribution in [3.8, 4) is 0 Å². The summed E-state index contributed by atoms with van der Waals surface area (Å²) in [6, 6.07) is 8.07. The summed E-state index contributed by atoms with van der Waals surface area (Å²) in [6.07, 6.45) is 5.75. The third-order valence-corrected chi connectivity index (χ3v) is 9.94. The topological polar surface area (TPSA) is 73.0 Å². The Hall–Kier alpha value is -2.22. The van der Waals surface area contributed by atoms with Crippen LogP contribution in [0.15, 0.2) is 24.3 Å². The third-order valence-electron chi connectivity index (χ3n) is 8.33. The Morgan fingerprint density at radius 3 is 2.46 bits per heavy atom. The van der Waals surface area contributed by atoms with Crippen molar-refractivity contribution < 1.29 is 14.4 Å². The Morgan fingerprint density at radius 2 is 1.78 bits per heavy atom. The van der Waals surface area contributed by atoms with Crippen LogP contribution < -0.4 is 5.32 Å². The number of hydrogen-bond acceptors (Lipinski definition) is 4. The fourth-order valence-corrected chi connectivity index (χ4v) is 7.68. The summed E-state index contributed by atoms with van der Waals surface area (Å²) in [5.41, 5.74) is 2.06. The van der Waals surface area contributed by atoms with Crippen molar-refractivity contribution in [2.45, 2.75) is 89.3 Å². The summed E-state index contributed by atoms with van der Waals surface area (Å²) in [5.74, 6) is 1.23. The molecule has 2 fully saturated rings. The first-order valence-electron chi connectivity index (χ1n) is 14.2. The fourth-order valence-electron chi connectivity index (χ4n) is 5.89. The molecule has 1 aromatic carbocycles. The molecule has 4 amide bonds. The fraction of sp³-hybridized carbons (Fsp3) is 0.690. The zero-order valence-electron chi connectivity index (χ0n) is 22.9. The number of carbonyl (C=O) groups is 3. The number of thioether (sulfide) groups is 1. The molecule has 37 heavy (non-hydrogen) atoms. The van der Waals surface area contributed by atoms with E-state index in [1.807, 2.05) is 28.0 Å². The molecule has 3 aliphatic rings. The normalized spacial score (nSPS) is 23.0. The van der Waals surface area contributed by atoms with Gasteiger partial charge in [-0.15, -0.1) is 11.8 Å². The van der Waals surface area contributed by atoms with E-state index in [1.165, 1.54) is 5.56 Å². The maximum absolute atomic E-state index is 13.4. The van der Waals surface area contributed by atoms with Crippen LogP contribution in [0, 0.1) is 11.8 Å². The number of para-hydroxylation sites is 1. The molecule has 2 saturated heterocycles. The Kier molecular flexibility index (Phi) is 9.43. The van der Waals surface area contributed by atoms with Crippen LogP contribution in [-0.2, 0) is 16.0 Å². The minimum Gasteiger partial charge on any atom is -0.342 e. The Bertz CT molecular complexity index is 958. The van der Waals surface area contributed by atoms with Crippen molar-refractivity contribution in [2.24, 2.45) is 11.8 Å². The first kappa shape index (κ1) is 27.8. The zero-order chi connectivity index (χ0) is 26.5. The van der Waals surface area contributed by atoms with Crippen molar-refractivity contribution in [3.63, 3.8) is 0 Å². The van der Waals surface area contributed by atoms with E-state index in [4.69, 9.17) is 0 Å². The molecule has 1 N–H and O–H groups in total. The van der Waals surface area contributed by atoms with E-state index < -0.39 is 0 Å². The largest absolute Gasteiger partial charge is 0.342 e. The third kappa shape index (κ3) is 6.44. The lowest BCUT2D eigenvalue weighted by atomic mass is 10.0. The van der Waals surface area contributed by atoms with Crippen LogP contribution in [-0.4, -0.2) is 75.4 Å². The van der Waals surface area contributed by atoms with Crippen molar-refractivity contribution >= 4 is 35.3 Å². The van der Waals surface area contributed by atoms with Gasteiger partial charge in [-0.1, -0.05) is 58.7 Å². The predicted molar refractivity (Wildman–Crippen MR) is 150 cm³/mol. The molecule has 0 spiro atoms. The van der Waals surface area contributed by atoms with Gasteiger partial charge in [0.25, 0.3) is 0 Å². The molecule has 3 heterocycles. The molecular formula is C29H44N4O3S. The summed E-state index contributed by atoms with van der Waals surface area (Å²) in [4.78, 5) is 45.5. The van der Waals surface area contributed by atoms with Crippen molar-refractivity contribution in [2.75, 3.05) is 31.5 Å². The Balaban J connectivity index is 1.32. The first-order chi connectivity index (χ1) is 17.8. The smallest absolute Gasteiger partial charge is 0.322 e. The van der Waals surface area contributed by atoms with Gasteiger partial charge in [0.05, 0.1) is 10.6 Å². The highest BCUT2D eigenvalue weighted by atomic mass is 32.2. The number of piperidine rings is 1. The van der Waals surface area contributed by atoms with Gasteiger partial charge in [-0.25, -0.2) is 4.79 Å². The molecule has 3 aliphatic heterocycles. The number of rotatable bonds is 9. The number of carbonyl (C=O) groups excluding carboxylic acids is 3. The molecule has 0 saturated carbocycles. The van der Waals surface area contributed by atoms with Crippen molar-refractivity contribution in [1.29, 1.82) is 0 Å². The second-order valence-corrected chi connectivity index (χ2v) is 12.5. The summed E-state index contributed by atoms with van der Waals surface area (Å²) in [5, 5.41) is 2.96. The van der Waals surface area contributed by atoms with Crippen LogP contribution in [0.4, 0.5) is 10.5 Å². The van der Waals surface area contributed by atoms with Crippen molar-refractivity contribution in [1.82, 2.24) is 14.7 Å². The van der Waals surface area contributed by atoms with Gasteiger partial charge < -0.3 is 20.0 Å². The number of benzene rings is 1. The van der Waals surface area contributed by atoms with Crippen LogP contribution in [0.2, 0.25) is 0 Å². The minimum atomic E-state index is -0.280. The van der Waals surface area contributed by atoms with Crippen LogP contribution in [0.3, 0.4) is 0 Å². The number of fused-ring (bicyclic) bond motifs is 1. The van der Waals surface area contributed by atoms with Crippen LogP contribution in [0.1, 0.15) is 71.8 Å². The number of hydrogen-bond donors (Lipinski definition) is 1. The molecule has 204 valence electrons. The number of likely N-dealkylation sites (tertiary alicyclic amines) is 1. The average molecular weight is 529 g/mol. The van der Waals surface area contributed by atoms with Gasteiger partial charge in [-0.2, -0.15) is 0 Å². The SMILES string of the molecule is CCC(CC)C1SC(CC(=O)N2CCC(N3CCc4ccccc4NC3=O)CC2)C(=O)N1CCC(C)C. The van der Waals surface area contributed by atoms with Gasteiger partial charge >= 0.3 is 6.03 Å². The molecule has 1 aromatic rings. The Labute approximate surface area is 226 Å². The van der Waals surface area contributed by atoms with Crippen molar-refractivity contribution in [3.05, 3.63) is 29.8 Å². The molecule has 0 radical (unpaired) electrons. The van der Waals surface area contributed by atoms with Gasteiger partial charge in [0.15, 0.2) is 0 Å². The molecule has 0 aromatic heterocycles. The zero-order valence-corrected chi connectivity index (χ0v) is 23.8.